The van der Waals surface area contributed by atoms with Crippen LogP contribution in [0.4, 0.5) is 0 Å². The van der Waals surface area contributed by atoms with Gasteiger partial charge in [-0.25, -0.2) is 0 Å². The summed E-state index contributed by atoms with van der Waals surface area (Å²) in [5.74, 6) is 0. The van der Waals surface area contributed by atoms with E-state index in [0.717, 1.165) is 6.42 Å². The van der Waals surface area contributed by atoms with Crippen LogP contribution in [0.5, 0.6) is 0 Å². The molecular weight excluding hydrogens is 175 g/mol. The molecule has 0 aromatic carbocycles. The summed E-state index contributed by atoms with van der Waals surface area (Å²) in [4.78, 5) is 0. The van der Waals surface area contributed by atoms with Gasteiger partial charge in [-0.15, -0.1) is 0 Å². The molecule has 0 radical (unpaired) electrons. The molecule has 80 valence electrons. The average molecular weight is 196 g/mol. The maximum Gasteiger partial charge on any atom is 0.490 e. The molecular formula is C11H21BO2. The minimum absolute atomic E-state index is 0.157. The number of allylic oxidation sites excluding steroid dienone is 2. The van der Waals surface area contributed by atoms with Crippen molar-refractivity contribution in [3.05, 3.63) is 11.5 Å². The van der Waals surface area contributed by atoms with Gasteiger partial charge in [-0.3, -0.25) is 0 Å². The van der Waals surface area contributed by atoms with Gasteiger partial charge in [-0.1, -0.05) is 13.0 Å². The van der Waals surface area contributed by atoms with Gasteiger partial charge >= 0.3 is 7.12 Å². The van der Waals surface area contributed by atoms with E-state index in [1.807, 2.05) is 6.92 Å². The van der Waals surface area contributed by atoms with Crippen molar-refractivity contribution >= 4 is 7.12 Å². The van der Waals surface area contributed by atoms with Crippen molar-refractivity contribution in [1.29, 1.82) is 0 Å². The minimum Gasteiger partial charge on any atom is -0.400 e. The molecule has 0 N–H and O–H groups in total. The summed E-state index contributed by atoms with van der Waals surface area (Å²) in [5.41, 5.74) is 0.783. The predicted octanol–water partition coefficient (Wildman–Crippen LogP) is 2.97. The van der Waals surface area contributed by atoms with E-state index < -0.39 is 0 Å². The third-order valence-corrected chi connectivity index (χ3v) is 3.34. The van der Waals surface area contributed by atoms with Gasteiger partial charge in [0.05, 0.1) is 11.2 Å². The predicted molar refractivity (Wildman–Crippen MR) is 60.1 cm³/mol. The molecule has 0 bridgehead atoms. The van der Waals surface area contributed by atoms with Crippen molar-refractivity contribution in [1.82, 2.24) is 0 Å². The zero-order valence-corrected chi connectivity index (χ0v) is 10.2. The number of hydrogen-bond donors (Lipinski definition) is 0. The molecule has 0 atom stereocenters. The molecule has 1 aliphatic heterocycles. The maximum atomic E-state index is 5.92. The van der Waals surface area contributed by atoms with Crippen LogP contribution in [-0.2, 0) is 9.31 Å². The summed E-state index contributed by atoms with van der Waals surface area (Å²) < 4.78 is 11.8. The van der Waals surface area contributed by atoms with Crippen molar-refractivity contribution in [2.75, 3.05) is 0 Å². The van der Waals surface area contributed by atoms with Crippen molar-refractivity contribution in [3.8, 4) is 0 Å². The second kappa shape index (κ2) is 3.71. The molecule has 1 saturated heterocycles. The van der Waals surface area contributed by atoms with E-state index in [2.05, 4.69) is 40.7 Å². The largest absolute Gasteiger partial charge is 0.490 e. The molecule has 1 rings (SSSR count). The molecule has 2 nitrogen and oxygen atoms in total. The Kier molecular flexibility index (Phi) is 3.12. The van der Waals surface area contributed by atoms with Gasteiger partial charge in [0, 0.05) is 0 Å². The fourth-order valence-corrected chi connectivity index (χ4v) is 1.50. The van der Waals surface area contributed by atoms with Crippen LogP contribution in [0.3, 0.4) is 0 Å². The number of rotatable bonds is 2. The summed E-state index contributed by atoms with van der Waals surface area (Å²) in [6.07, 6.45) is 3.06. The standard InChI is InChI=1S/C11H21BO2/c1-7-9(8-2)12-13-10(3,4)11(5,6)14-12/h7H,8H2,1-6H3/b9-7-. The van der Waals surface area contributed by atoms with Crippen molar-refractivity contribution in [2.45, 2.75) is 59.2 Å². The molecule has 14 heavy (non-hydrogen) atoms. The summed E-state index contributed by atoms with van der Waals surface area (Å²) in [6, 6.07) is 0. The van der Waals surface area contributed by atoms with Crippen molar-refractivity contribution in [2.24, 2.45) is 0 Å². The van der Waals surface area contributed by atoms with Gasteiger partial charge < -0.3 is 9.31 Å². The van der Waals surface area contributed by atoms with Gasteiger partial charge in [0.15, 0.2) is 0 Å². The highest BCUT2D eigenvalue weighted by atomic mass is 16.7. The molecule has 1 aliphatic rings. The Morgan fingerprint density at radius 1 is 1.14 bits per heavy atom. The Balaban J connectivity index is 2.82. The monoisotopic (exact) mass is 196 g/mol. The lowest BCUT2D eigenvalue weighted by Crippen LogP contribution is -2.41. The Morgan fingerprint density at radius 2 is 1.57 bits per heavy atom. The molecule has 3 heteroatoms. The van der Waals surface area contributed by atoms with Crippen LogP contribution >= 0.6 is 0 Å². The molecule has 1 heterocycles. The first-order valence-corrected chi connectivity index (χ1v) is 5.35. The van der Waals surface area contributed by atoms with E-state index in [4.69, 9.17) is 9.31 Å². The fraction of sp³-hybridized carbons (Fsp3) is 0.818. The van der Waals surface area contributed by atoms with E-state index in [9.17, 15) is 0 Å². The third kappa shape index (κ3) is 1.89. The molecule has 0 amide bonds. The molecule has 0 aliphatic carbocycles. The third-order valence-electron chi connectivity index (χ3n) is 3.34. The van der Waals surface area contributed by atoms with Gasteiger partial charge in [-0.05, 0) is 46.5 Å². The zero-order valence-electron chi connectivity index (χ0n) is 10.2. The normalized spacial score (nSPS) is 25.6. The van der Waals surface area contributed by atoms with Crippen LogP contribution in [0.2, 0.25) is 0 Å². The summed E-state index contributed by atoms with van der Waals surface area (Å²) in [6.45, 7) is 12.5. The Bertz CT molecular complexity index is 228. The topological polar surface area (TPSA) is 18.5 Å². The molecule has 0 aromatic heterocycles. The van der Waals surface area contributed by atoms with Crippen molar-refractivity contribution in [3.63, 3.8) is 0 Å². The van der Waals surface area contributed by atoms with Gasteiger partial charge in [-0.2, -0.15) is 0 Å². The molecule has 1 fully saturated rings. The SMILES string of the molecule is C/C=C(/CC)B1OC(C)(C)C(C)(C)O1. The van der Waals surface area contributed by atoms with Crippen LogP contribution < -0.4 is 0 Å². The van der Waals surface area contributed by atoms with E-state index >= 15 is 0 Å². The maximum absolute atomic E-state index is 5.92. The lowest BCUT2D eigenvalue weighted by atomic mass is 9.76. The van der Waals surface area contributed by atoms with Crippen LogP contribution in [-0.4, -0.2) is 18.3 Å². The molecule has 0 unspecified atom stereocenters. The Hall–Kier alpha value is -0.275. The van der Waals surface area contributed by atoms with Crippen molar-refractivity contribution < 1.29 is 9.31 Å². The van der Waals surface area contributed by atoms with E-state index in [0.29, 0.717) is 0 Å². The van der Waals surface area contributed by atoms with Crippen LogP contribution in [0.15, 0.2) is 11.5 Å². The average Bonchev–Trinajstić information content (AvgIpc) is 2.23. The van der Waals surface area contributed by atoms with E-state index in [1.54, 1.807) is 0 Å². The molecule has 0 spiro atoms. The summed E-state index contributed by atoms with van der Waals surface area (Å²) in [5, 5.41) is 0. The Morgan fingerprint density at radius 3 is 1.86 bits per heavy atom. The van der Waals surface area contributed by atoms with Crippen LogP contribution in [0.1, 0.15) is 48.0 Å². The molecule has 0 saturated carbocycles. The van der Waals surface area contributed by atoms with Gasteiger partial charge in [0.25, 0.3) is 0 Å². The fourth-order valence-electron chi connectivity index (χ4n) is 1.50. The minimum atomic E-state index is -0.221. The van der Waals surface area contributed by atoms with E-state index in [-0.39, 0.29) is 18.3 Å². The first kappa shape index (κ1) is 11.8. The first-order valence-electron chi connectivity index (χ1n) is 5.35. The quantitative estimate of drug-likeness (QED) is 0.632. The second-order valence-electron chi connectivity index (χ2n) is 4.81. The lowest BCUT2D eigenvalue weighted by molar-refractivity contribution is 0.00578. The lowest BCUT2D eigenvalue weighted by Gasteiger charge is -2.32. The van der Waals surface area contributed by atoms with Gasteiger partial charge in [0.2, 0.25) is 0 Å². The van der Waals surface area contributed by atoms with Crippen LogP contribution in [0.25, 0.3) is 0 Å². The number of hydrogen-bond acceptors (Lipinski definition) is 2. The van der Waals surface area contributed by atoms with Crippen LogP contribution in [0, 0.1) is 0 Å². The van der Waals surface area contributed by atoms with Gasteiger partial charge in [0.1, 0.15) is 0 Å². The summed E-state index contributed by atoms with van der Waals surface area (Å²) in [7, 11) is -0.157. The van der Waals surface area contributed by atoms with E-state index in [1.165, 1.54) is 5.47 Å². The highest BCUT2D eigenvalue weighted by Gasteiger charge is 2.51. The highest BCUT2D eigenvalue weighted by molar-refractivity contribution is 6.54. The highest BCUT2D eigenvalue weighted by Crippen LogP contribution is 2.38. The summed E-state index contributed by atoms with van der Waals surface area (Å²) >= 11 is 0. The second-order valence-corrected chi connectivity index (χ2v) is 4.81. The smallest absolute Gasteiger partial charge is 0.400 e. The Labute approximate surface area is 87.8 Å². The zero-order chi connectivity index (χ0) is 11.0. The molecule has 0 aromatic rings. The first-order chi connectivity index (χ1) is 6.34.